The number of morpholine rings is 1. The number of phenols is 1. The summed E-state index contributed by atoms with van der Waals surface area (Å²) in [4.78, 5) is 11.5. The van der Waals surface area contributed by atoms with E-state index in [2.05, 4.69) is 21.3 Å². The van der Waals surface area contributed by atoms with Gasteiger partial charge in [-0.25, -0.2) is 9.97 Å². The maximum atomic E-state index is 9.83. The van der Waals surface area contributed by atoms with Crippen LogP contribution in [0.3, 0.4) is 0 Å². The van der Waals surface area contributed by atoms with Crippen molar-refractivity contribution in [1.82, 2.24) is 9.97 Å². The summed E-state index contributed by atoms with van der Waals surface area (Å²) in [6.45, 7) is 2.80. The second-order valence-corrected chi connectivity index (χ2v) is 6.40. The maximum absolute atomic E-state index is 9.83. The zero-order valence-electron chi connectivity index (χ0n) is 15.2. The summed E-state index contributed by atoms with van der Waals surface area (Å²) in [6.07, 6.45) is 0. The van der Waals surface area contributed by atoms with E-state index in [1.807, 2.05) is 24.3 Å². The zero-order chi connectivity index (χ0) is 19.3. The first-order valence-electron chi connectivity index (χ1n) is 9.00. The van der Waals surface area contributed by atoms with Crippen LogP contribution < -0.4 is 10.2 Å². The predicted molar refractivity (Wildman–Crippen MR) is 107 cm³/mol. The molecule has 0 atom stereocenters. The number of nitrogens with zero attached hydrogens (tertiary/aromatic N) is 4. The molecule has 7 nitrogen and oxygen atoms in total. The number of phenolic OH excluding ortho intramolecular Hbond substituents is 1. The van der Waals surface area contributed by atoms with Crippen LogP contribution >= 0.6 is 0 Å². The van der Waals surface area contributed by atoms with Crippen LogP contribution in [0.15, 0.2) is 54.6 Å². The molecule has 2 heterocycles. The van der Waals surface area contributed by atoms with E-state index in [0.29, 0.717) is 30.4 Å². The minimum Gasteiger partial charge on any atom is -0.508 e. The third-order valence-corrected chi connectivity index (χ3v) is 4.42. The third kappa shape index (κ3) is 4.03. The molecule has 4 rings (SSSR count). The van der Waals surface area contributed by atoms with Crippen LogP contribution in [-0.2, 0) is 4.74 Å². The van der Waals surface area contributed by atoms with Crippen molar-refractivity contribution in [3.8, 4) is 23.2 Å². The predicted octanol–water partition coefficient (Wildman–Crippen LogP) is 3.30. The lowest BCUT2D eigenvalue weighted by Gasteiger charge is -2.28. The number of anilines is 3. The van der Waals surface area contributed by atoms with Gasteiger partial charge in [-0.05, 0) is 30.3 Å². The van der Waals surface area contributed by atoms with E-state index in [-0.39, 0.29) is 5.75 Å². The second kappa shape index (κ2) is 7.94. The molecule has 28 heavy (non-hydrogen) atoms. The Morgan fingerprint density at radius 3 is 2.64 bits per heavy atom. The van der Waals surface area contributed by atoms with Crippen molar-refractivity contribution in [2.45, 2.75) is 0 Å². The summed E-state index contributed by atoms with van der Waals surface area (Å²) in [7, 11) is 0. The molecular weight excluding hydrogens is 354 g/mol. The fourth-order valence-corrected chi connectivity index (χ4v) is 3.04. The maximum Gasteiger partial charge on any atom is 0.164 e. The highest BCUT2D eigenvalue weighted by Gasteiger charge is 2.16. The molecule has 1 aliphatic heterocycles. The van der Waals surface area contributed by atoms with Gasteiger partial charge in [-0.1, -0.05) is 18.2 Å². The minimum absolute atomic E-state index is 0.161. The zero-order valence-corrected chi connectivity index (χ0v) is 15.2. The van der Waals surface area contributed by atoms with Gasteiger partial charge < -0.3 is 20.1 Å². The van der Waals surface area contributed by atoms with E-state index in [9.17, 15) is 5.11 Å². The van der Waals surface area contributed by atoms with Crippen molar-refractivity contribution < 1.29 is 9.84 Å². The van der Waals surface area contributed by atoms with Gasteiger partial charge in [-0.3, -0.25) is 0 Å². The van der Waals surface area contributed by atoms with Crippen molar-refractivity contribution in [3.05, 3.63) is 60.2 Å². The number of hydrogen-bond acceptors (Lipinski definition) is 7. The Bertz CT molecular complexity index is 1030. The van der Waals surface area contributed by atoms with Gasteiger partial charge in [0.15, 0.2) is 5.82 Å². The average Bonchev–Trinajstić information content (AvgIpc) is 2.74. The normalized spacial score (nSPS) is 13.8. The third-order valence-electron chi connectivity index (χ3n) is 4.42. The van der Waals surface area contributed by atoms with Gasteiger partial charge >= 0.3 is 0 Å². The summed E-state index contributed by atoms with van der Waals surface area (Å²) in [5.41, 5.74) is 2.07. The van der Waals surface area contributed by atoms with Gasteiger partial charge in [0.25, 0.3) is 0 Å². The quantitative estimate of drug-likeness (QED) is 0.724. The highest BCUT2D eigenvalue weighted by molar-refractivity contribution is 5.67. The fourth-order valence-electron chi connectivity index (χ4n) is 3.04. The Labute approximate surface area is 162 Å². The van der Waals surface area contributed by atoms with Crippen molar-refractivity contribution in [1.29, 1.82) is 5.26 Å². The molecule has 7 heteroatoms. The summed E-state index contributed by atoms with van der Waals surface area (Å²) in [6, 6.07) is 18.1. The second-order valence-electron chi connectivity index (χ2n) is 6.40. The summed E-state index contributed by atoms with van der Waals surface area (Å²) in [5, 5.41) is 22.2. The van der Waals surface area contributed by atoms with Gasteiger partial charge in [0.1, 0.15) is 17.4 Å². The molecule has 2 N–H and O–H groups in total. The first-order chi connectivity index (χ1) is 13.7. The Kier molecular flexibility index (Phi) is 5.04. The van der Waals surface area contributed by atoms with Gasteiger partial charge in [0, 0.05) is 30.4 Å². The lowest BCUT2D eigenvalue weighted by molar-refractivity contribution is 0.122. The smallest absolute Gasteiger partial charge is 0.164 e. The first kappa shape index (κ1) is 17.8. The van der Waals surface area contributed by atoms with Crippen LogP contribution in [-0.4, -0.2) is 41.4 Å². The van der Waals surface area contributed by atoms with Crippen LogP contribution in [0.5, 0.6) is 5.75 Å². The van der Waals surface area contributed by atoms with E-state index in [1.54, 1.807) is 30.3 Å². The minimum atomic E-state index is 0.161. The molecule has 0 amide bonds. The molecule has 0 saturated carbocycles. The SMILES string of the molecule is N#Cc1cccc(Nc2cc(N3CCOCC3)nc(-c3cccc(O)c3)n2)c1. The van der Waals surface area contributed by atoms with E-state index in [1.165, 1.54) is 0 Å². The number of hydrogen-bond donors (Lipinski definition) is 2. The lowest BCUT2D eigenvalue weighted by atomic mass is 10.2. The summed E-state index contributed by atoms with van der Waals surface area (Å²) < 4.78 is 5.44. The van der Waals surface area contributed by atoms with Crippen molar-refractivity contribution in [2.24, 2.45) is 0 Å². The number of nitriles is 1. The van der Waals surface area contributed by atoms with Crippen LogP contribution in [0.25, 0.3) is 11.4 Å². The van der Waals surface area contributed by atoms with Crippen molar-refractivity contribution in [2.75, 3.05) is 36.5 Å². The monoisotopic (exact) mass is 373 g/mol. The molecule has 2 aromatic carbocycles. The van der Waals surface area contributed by atoms with Gasteiger partial charge in [-0.2, -0.15) is 5.26 Å². The van der Waals surface area contributed by atoms with Gasteiger partial charge in [-0.15, -0.1) is 0 Å². The molecule has 1 aliphatic rings. The Hall–Kier alpha value is -3.63. The van der Waals surface area contributed by atoms with Gasteiger partial charge in [0.05, 0.1) is 24.8 Å². The molecule has 0 aliphatic carbocycles. The number of aromatic hydroxyl groups is 1. The van der Waals surface area contributed by atoms with Crippen LogP contribution in [0.1, 0.15) is 5.56 Å². The molecule has 1 saturated heterocycles. The Morgan fingerprint density at radius 1 is 1.04 bits per heavy atom. The Morgan fingerprint density at radius 2 is 1.86 bits per heavy atom. The first-order valence-corrected chi connectivity index (χ1v) is 9.00. The molecule has 0 spiro atoms. The number of rotatable bonds is 4. The Balaban J connectivity index is 1.73. The molecular formula is C21H19N5O2. The molecule has 0 unspecified atom stereocenters. The van der Waals surface area contributed by atoms with Gasteiger partial charge in [0.2, 0.25) is 0 Å². The largest absolute Gasteiger partial charge is 0.508 e. The molecule has 0 radical (unpaired) electrons. The summed E-state index contributed by atoms with van der Waals surface area (Å²) in [5.74, 6) is 2.08. The van der Waals surface area contributed by atoms with E-state index in [4.69, 9.17) is 15.0 Å². The highest BCUT2D eigenvalue weighted by atomic mass is 16.5. The van der Waals surface area contributed by atoms with Crippen molar-refractivity contribution in [3.63, 3.8) is 0 Å². The highest BCUT2D eigenvalue weighted by Crippen LogP contribution is 2.27. The van der Waals surface area contributed by atoms with E-state index in [0.717, 1.165) is 30.2 Å². The molecule has 0 bridgehead atoms. The topological polar surface area (TPSA) is 94.3 Å². The number of nitrogens with one attached hydrogen (secondary N) is 1. The van der Waals surface area contributed by atoms with Crippen LogP contribution in [0, 0.1) is 11.3 Å². The number of benzene rings is 2. The number of ether oxygens (including phenoxy) is 1. The summed E-state index contributed by atoms with van der Waals surface area (Å²) >= 11 is 0. The standard InChI is InChI=1S/C21H19N5O2/c22-14-15-3-1-5-17(11-15)23-19-13-20(26-7-9-28-10-8-26)25-21(24-19)16-4-2-6-18(27)12-16/h1-6,11-13,27H,7-10H2,(H,23,24,25). The fraction of sp³-hybridized carbons (Fsp3) is 0.190. The molecule has 140 valence electrons. The van der Waals surface area contributed by atoms with Crippen molar-refractivity contribution >= 4 is 17.3 Å². The van der Waals surface area contributed by atoms with E-state index < -0.39 is 0 Å². The number of aromatic nitrogens is 2. The van der Waals surface area contributed by atoms with Crippen LogP contribution in [0.2, 0.25) is 0 Å². The van der Waals surface area contributed by atoms with E-state index >= 15 is 0 Å². The van der Waals surface area contributed by atoms with Crippen LogP contribution in [0.4, 0.5) is 17.3 Å². The molecule has 3 aromatic rings. The molecule has 1 aromatic heterocycles. The lowest BCUT2D eigenvalue weighted by Crippen LogP contribution is -2.36. The average molecular weight is 373 g/mol. The molecule has 1 fully saturated rings.